The number of nitrogens with one attached hydrogen (secondary N) is 1. The normalized spacial score (nSPS) is 16.5. The molecule has 0 radical (unpaired) electrons. The summed E-state index contributed by atoms with van der Waals surface area (Å²) in [7, 11) is 1.79. The zero-order valence-corrected chi connectivity index (χ0v) is 10.8. The minimum Gasteiger partial charge on any atom is -0.344 e. The number of nitrogens with zero attached hydrogens (tertiary/aromatic N) is 2. The molecule has 4 heteroatoms. The van der Waals surface area contributed by atoms with Gasteiger partial charge in [0.1, 0.15) is 0 Å². The summed E-state index contributed by atoms with van der Waals surface area (Å²) in [5.41, 5.74) is 2.21. The molecule has 0 spiro atoms. The molecule has 0 aliphatic heterocycles. The van der Waals surface area contributed by atoms with Crippen molar-refractivity contribution in [3.8, 4) is 0 Å². The van der Waals surface area contributed by atoms with Crippen LogP contribution in [-0.4, -0.2) is 17.9 Å². The molecule has 0 bridgehead atoms. The number of amidine groups is 1. The van der Waals surface area contributed by atoms with Gasteiger partial charge in [-0.25, -0.2) is 4.98 Å². The molecule has 1 aliphatic carbocycles. The highest BCUT2D eigenvalue weighted by Gasteiger charge is 2.26. The first-order valence-electron chi connectivity index (χ1n) is 5.87. The number of thiazole rings is 1. The average molecular weight is 245 g/mol. The van der Waals surface area contributed by atoms with Gasteiger partial charge >= 0.3 is 0 Å². The Balaban J connectivity index is 1.94. The monoisotopic (exact) mass is 245 g/mol. The first-order chi connectivity index (χ1) is 8.26. The maximum Gasteiger partial charge on any atom is 0.0972 e. The highest BCUT2D eigenvalue weighted by Crippen LogP contribution is 2.43. The Labute approximate surface area is 105 Å². The van der Waals surface area contributed by atoms with Gasteiger partial charge in [-0.15, -0.1) is 11.3 Å². The molecule has 1 fully saturated rings. The zero-order valence-electron chi connectivity index (χ0n) is 10.0. The molecule has 2 aromatic rings. The summed E-state index contributed by atoms with van der Waals surface area (Å²) in [5.74, 6) is 1.67. The Bertz CT molecular complexity index is 581. The number of hydrogen-bond acceptors (Lipinski definition) is 3. The van der Waals surface area contributed by atoms with Crippen LogP contribution >= 0.6 is 11.3 Å². The van der Waals surface area contributed by atoms with Crippen molar-refractivity contribution < 1.29 is 0 Å². The predicted octanol–water partition coefficient (Wildman–Crippen LogP) is 3.63. The molecule has 88 valence electrons. The van der Waals surface area contributed by atoms with Crippen LogP contribution in [0.3, 0.4) is 0 Å². The molecule has 1 N–H and O–H groups in total. The van der Waals surface area contributed by atoms with Crippen LogP contribution in [0.5, 0.6) is 0 Å². The second-order valence-electron chi connectivity index (χ2n) is 4.44. The van der Waals surface area contributed by atoms with E-state index >= 15 is 0 Å². The smallest absolute Gasteiger partial charge is 0.0972 e. The van der Waals surface area contributed by atoms with Crippen LogP contribution in [0.2, 0.25) is 0 Å². The fourth-order valence-electron chi connectivity index (χ4n) is 1.79. The lowest BCUT2D eigenvalue weighted by Crippen LogP contribution is -2.06. The van der Waals surface area contributed by atoms with E-state index in [1.807, 2.05) is 18.3 Å². The Hall–Kier alpha value is -1.42. The van der Waals surface area contributed by atoms with Crippen LogP contribution in [0.1, 0.15) is 30.7 Å². The molecule has 17 heavy (non-hydrogen) atoms. The molecule has 0 unspecified atom stereocenters. The minimum atomic E-state index is 0.739. The van der Waals surface area contributed by atoms with Gasteiger partial charge in [-0.1, -0.05) is 0 Å². The molecule has 3 rings (SSSR count). The molecule has 0 amide bonds. The van der Waals surface area contributed by atoms with Crippen LogP contribution < -0.4 is 5.32 Å². The summed E-state index contributed by atoms with van der Waals surface area (Å²) >= 11 is 1.83. The summed E-state index contributed by atoms with van der Waals surface area (Å²) in [5, 5.41) is 4.57. The highest BCUT2D eigenvalue weighted by atomic mass is 32.1. The maximum atomic E-state index is 4.68. The van der Waals surface area contributed by atoms with E-state index in [1.54, 1.807) is 7.05 Å². The first kappa shape index (κ1) is 10.7. The molecule has 1 aromatic heterocycles. The second-order valence-corrected chi connectivity index (χ2v) is 5.51. The van der Waals surface area contributed by atoms with Crippen LogP contribution in [-0.2, 0) is 0 Å². The van der Waals surface area contributed by atoms with Gasteiger partial charge in [0.25, 0.3) is 0 Å². The third-order valence-corrected chi connectivity index (χ3v) is 4.17. The lowest BCUT2D eigenvalue weighted by atomic mass is 10.3. The maximum absolute atomic E-state index is 4.68. The van der Waals surface area contributed by atoms with Crippen molar-refractivity contribution >= 4 is 33.1 Å². The van der Waals surface area contributed by atoms with Crippen molar-refractivity contribution in [2.45, 2.75) is 25.7 Å². The number of hydrogen-bond donors (Lipinski definition) is 1. The van der Waals surface area contributed by atoms with E-state index in [1.165, 1.54) is 22.5 Å². The minimum absolute atomic E-state index is 0.739. The van der Waals surface area contributed by atoms with E-state index in [2.05, 4.69) is 33.5 Å². The molecule has 1 saturated carbocycles. The summed E-state index contributed by atoms with van der Waals surface area (Å²) in [6, 6.07) is 6.31. The topological polar surface area (TPSA) is 37.3 Å². The molecule has 1 aromatic carbocycles. The predicted molar refractivity (Wildman–Crippen MR) is 74.3 cm³/mol. The van der Waals surface area contributed by atoms with Crippen LogP contribution in [0.15, 0.2) is 23.2 Å². The summed E-state index contributed by atoms with van der Waals surface area (Å²) < 4.78 is 1.26. The van der Waals surface area contributed by atoms with Crippen molar-refractivity contribution in [1.29, 1.82) is 0 Å². The van der Waals surface area contributed by atoms with Gasteiger partial charge in [-0.3, -0.25) is 4.99 Å². The van der Waals surface area contributed by atoms with Crippen LogP contribution in [0, 0.1) is 0 Å². The molecule has 3 nitrogen and oxygen atoms in total. The quantitative estimate of drug-likeness (QED) is 0.648. The van der Waals surface area contributed by atoms with Gasteiger partial charge in [0.05, 0.1) is 21.1 Å². The largest absolute Gasteiger partial charge is 0.344 e. The SMILES string of the molecule is CN=C(C)Nc1ccc2nc(C3CC3)sc2c1. The van der Waals surface area contributed by atoms with Gasteiger partial charge in [0.2, 0.25) is 0 Å². The summed E-state index contributed by atoms with van der Waals surface area (Å²) in [6.45, 7) is 1.96. The molecule has 0 saturated heterocycles. The van der Waals surface area contributed by atoms with E-state index in [0.717, 1.165) is 23.0 Å². The van der Waals surface area contributed by atoms with Crippen LogP contribution in [0.25, 0.3) is 10.2 Å². The van der Waals surface area contributed by atoms with Gasteiger partial charge in [0.15, 0.2) is 0 Å². The van der Waals surface area contributed by atoms with Crippen molar-refractivity contribution in [3.05, 3.63) is 23.2 Å². The Morgan fingerprint density at radius 3 is 3.00 bits per heavy atom. The molecule has 1 heterocycles. The summed E-state index contributed by atoms with van der Waals surface area (Å²) in [6.07, 6.45) is 2.62. The van der Waals surface area contributed by atoms with E-state index in [4.69, 9.17) is 0 Å². The molecular weight excluding hydrogens is 230 g/mol. The standard InChI is InChI=1S/C13H15N3S/c1-8(14-2)15-10-5-6-11-12(7-10)17-13(16-11)9-3-4-9/h5-7,9H,3-4H2,1-2H3,(H,14,15). The van der Waals surface area contributed by atoms with Crippen molar-refractivity contribution in [2.75, 3.05) is 12.4 Å². The van der Waals surface area contributed by atoms with E-state index < -0.39 is 0 Å². The Morgan fingerprint density at radius 2 is 2.29 bits per heavy atom. The van der Waals surface area contributed by atoms with Gasteiger partial charge < -0.3 is 5.32 Å². The first-order valence-corrected chi connectivity index (χ1v) is 6.69. The van der Waals surface area contributed by atoms with E-state index in [9.17, 15) is 0 Å². The third kappa shape index (κ3) is 2.17. The number of rotatable bonds is 2. The summed E-state index contributed by atoms with van der Waals surface area (Å²) in [4.78, 5) is 8.78. The lowest BCUT2D eigenvalue weighted by Gasteiger charge is -2.03. The van der Waals surface area contributed by atoms with E-state index in [-0.39, 0.29) is 0 Å². The molecular formula is C13H15N3S. The van der Waals surface area contributed by atoms with Crippen molar-refractivity contribution in [1.82, 2.24) is 4.98 Å². The number of fused-ring (bicyclic) bond motifs is 1. The lowest BCUT2D eigenvalue weighted by molar-refractivity contribution is 1.10. The van der Waals surface area contributed by atoms with Crippen molar-refractivity contribution in [3.63, 3.8) is 0 Å². The fourth-order valence-corrected chi connectivity index (χ4v) is 2.97. The second kappa shape index (κ2) is 4.11. The highest BCUT2D eigenvalue weighted by molar-refractivity contribution is 7.18. The fraction of sp³-hybridized carbons (Fsp3) is 0.385. The Morgan fingerprint density at radius 1 is 1.47 bits per heavy atom. The molecule has 1 aliphatic rings. The van der Waals surface area contributed by atoms with Crippen molar-refractivity contribution in [2.24, 2.45) is 4.99 Å². The van der Waals surface area contributed by atoms with Gasteiger partial charge in [0, 0.05) is 18.7 Å². The zero-order chi connectivity index (χ0) is 11.8. The van der Waals surface area contributed by atoms with Gasteiger partial charge in [-0.05, 0) is 38.0 Å². The molecule has 0 atom stereocenters. The van der Waals surface area contributed by atoms with E-state index in [0.29, 0.717) is 0 Å². The number of aromatic nitrogens is 1. The van der Waals surface area contributed by atoms with Crippen LogP contribution in [0.4, 0.5) is 5.69 Å². The average Bonchev–Trinajstić information content (AvgIpc) is 3.09. The third-order valence-electron chi connectivity index (χ3n) is 2.99. The number of aliphatic imine (C=N–C) groups is 1. The Kier molecular flexibility index (Phi) is 2.59. The van der Waals surface area contributed by atoms with Gasteiger partial charge in [-0.2, -0.15) is 0 Å². The number of benzene rings is 1. The number of anilines is 1.